The van der Waals surface area contributed by atoms with Gasteiger partial charge in [-0.3, -0.25) is 9.97 Å². The van der Waals surface area contributed by atoms with Gasteiger partial charge in [0.25, 0.3) is 0 Å². The van der Waals surface area contributed by atoms with E-state index in [1.54, 1.807) is 23.6 Å². The smallest absolute Gasteiger partial charge is 0.185 e. The summed E-state index contributed by atoms with van der Waals surface area (Å²) >= 11 is 7.80. The van der Waals surface area contributed by atoms with Crippen LogP contribution in [-0.4, -0.2) is 23.2 Å². The Kier molecular flexibility index (Phi) is 3.80. The van der Waals surface area contributed by atoms with E-state index in [1.165, 1.54) is 0 Å². The molecule has 6 heteroatoms. The molecule has 3 aromatic rings. The first-order chi connectivity index (χ1) is 10.8. The molecule has 4 rings (SSSR count). The van der Waals surface area contributed by atoms with Gasteiger partial charge in [0, 0.05) is 18.0 Å². The van der Waals surface area contributed by atoms with Crippen molar-refractivity contribution in [2.45, 2.75) is 12.7 Å². The number of nitrogens with zero attached hydrogens (tertiary/aromatic N) is 2. The summed E-state index contributed by atoms with van der Waals surface area (Å²) in [5.74, 6) is 0. The molecule has 0 saturated carbocycles. The maximum absolute atomic E-state index is 6.20. The first kappa shape index (κ1) is 14.1. The van der Waals surface area contributed by atoms with Gasteiger partial charge in [-0.15, -0.1) is 11.3 Å². The van der Waals surface area contributed by atoms with Crippen LogP contribution >= 0.6 is 22.9 Å². The standard InChI is InChI=1S/C16H13ClN2O2S/c17-11-4-5-18-13-8-14(22-15(11)13)12-3-2-10(9-19-12)16-20-6-1-7-21-16/h2-5,8-9,16H,1,6-7H2. The Hall–Kier alpha value is -1.53. The zero-order valence-corrected chi connectivity index (χ0v) is 13.2. The summed E-state index contributed by atoms with van der Waals surface area (Å²) in [5, 5.41) is 0.724. The van der Waals surface area contributed by atoms with Gasteiger partial charge in [0.1, 0.15) is 0 Å². The Morgan fingerprint density at radius 1 is 1.14 bits per heavy atom. The monoisotopic (exact) mass is 332 g/mol. The summed E-state index contributed by atoms with van der Waals surface area (Å²) in [7, 11) is 0. The summed E-state index contributed by atoms with van der Waals surface area (Å²) < 4.78 is 12.2. The minimum absolute atomic E-state index is 0.297. The van der Waals surface area contributed by atoms with Gasteiger partial charge in [0.05, 0.1) is 39.0 Å². The Balaban J connectivity index is 1.65. The summed E-state index contributed by atoms with van der Waals surface area (Å²) in [6, 6.07) is 7.80. The lowest BCUT2D eigenvalue weighted by atomic mass is 10.2. The number of thiophene rings is 1. The van der Waals surface area contributed by atoms with E-state index in [9.17, 15) is 0 Å². The van der Waals surface area contributed by atoms with Gasteiger partial charge in [-0.05, 0) is 24.6 Å². The molecule has 3 aromatic heterocycles. The van der Waals surface area contributed by atoms with Crippen LogP contribution in [0.4, 0.5) is 0 Å². The summed E-state index contributed by atoms with van der Waals surface area (Å²) in [5.41, 5.74) is 2.75. The lowest BCUT2D eigenvalue weighted by Crippen LogP contribution is -2.17. The van der Waals surface area contributed by atoms with Crippen molar-refractivity contribution in [1.29, 1.82) is 0 Å². The highest BCUT2D eigenvalue weighted by molar-refractivity contribution is 7.22. The van der Waals surface area contributed by atoms with Crippen LogP contribution in [0.3, 0.4) is 0 Å². The molecule has 1 aliphatic rings. The van der Waals surface area contributed by atoms with Gasteiger partial charge >= 0.3 is 0 Å². The van der Waals surface area contributed by atoms with Gasteiger partial charge in [-0.25, -0.2) is 0 Å². The quantitative estimate of drug-likeness (QED) is 0.695. The minimum atomic E-state index is -0.297. The number of fused-ring (bicyclic) bond motifs is 1. The lowest BCUT2D eigenvalue weighted by molar-refractivity contribution is -0.183. The van der Waals surface area contributed by atoms with E-state index in [-0.39, 0.29) is 6.29 Å². The number of aromatic nitrogens is 2. The molecule has 0 unspecified atom stereocenters. The number of pyridine rings is 2. The zero-order chi connectivity index (χ0) is 14.9. The fraction of sp³-hybridized carbons (Fsp3) is 0.250. The average molecular weight is 333 g/mol. The molecule has 0 aromatic carbocycles. The van der Waals surface area contributed by atoms with Crippen LogP contribution in [0, 0.1) is 0 Å². The van der Waals surface area contributed by atoms with Crippen molar-refractivity contribution in [3.63, 3.8) is 0 Å². The predicted molar refractivity (Wildman–Crippen MR) is 87.1 cm³/mol. The zero-order valence-electron chi connectivity index (χ0n) is 11.7. The molecule has 112 valence electrons. The third-order valence-corrected chi connectivity index (χ3v) is 5.11. The maximum atomic E-state index is 6.20. The van der Waals surface area contributed by atoms with Crippen molar-refractivity contribution in [3.05, 3.63) is 47.2 Å². The van der Waals surface area contributed by atoms with Crippen LogP contribution in [0.1, 0.15) is 18.3 Å². The van der Waals surface area contributed by atoms with Crippen LogP contribution in [0.2, 0.25) is 5.02 Å². The molecular weight excluding hydrogens is 320 g/mol. The Labute approximate surface area is 136 Å². The highest BCUT2D eigenvalue weighted by atomic mass is 35.5. The molecule has 0 bridgehead atoms. The van der Waals surface area contributed by atoms with Gasteiger partial charge < -0.3 is 9.47 Å². The highest BCUT2D eigenvalue weighted by Gasteiger charge is 2.17. The van der Waals surface area contributed by atoms with Gasteiger partial charge in [0.2, 0.25) is 0 Å². The molecule has 4 nitrogen and oxygen atoms in total. The number of halogens is 1. The fourth-order valence-electron chi connectivity index (χ4n) is 2.40. The molecular formula is C16H13ClN2O2S. The van der Waals surface area contributed by atoms with Crippen LogP contribution in [0.25, 0.3) is 20.8 Å². The molecule has 22 heavy (non-hydrogen) atoms. The van der Waals surface area contributed by atoms with E-state index in [1.807, 2.05) is 24.4 Å². The van der Waals surface area contributed by atoms with Crippen LogP contribution in [0.15, 0.2) is 36.7 Å². The second kappa shape index (κ2) is 5.93. The maximum Gasteiger partial charge on any atom is 0.185 e. The van der Waals surface area contributed by atoms with Gasteiger partial charge in [-0.2, -0.15) is 0 Å². The van der Waals surface area contributed by atoms with E-state index in [0.29, 0.717) is 0 Å². The molecule has 0 N–H and O–H groups in total. The van der Waals surface area contributed by atoms with E-state index in [0.717, 1.165) is 51.0 Å². The molecule has 1 fully saturated rings. The number of hydrogen-bond acceptors (Lipinski definition) is 5. The number of hydrogen-bond donors (Lipinski definition) is 0. The molecule has 0 amide bonds. The SMILES string of the molecule is Clc1ccnc2cc(-c3ccc(C4OCCCO4)cn3)sc12. The van der Waals surface area contributed by atoms with Crippen molar-refractivity contribution < 1.29 is 9.47 Å². The summed E-state index contributed by atoms with van der Waals surface area (Å²) in [6.45, 7) is 1.46. The van der Waals surface area contributed by atoms with Gasteiger partial charge in [-0.1, -0.05) is 17.7 Å². The number of rotatable bonds is 2. The summed E-state index contributed by atoms with van der Waals surface area (Å²) in [4.78, 5) is 9.91. The Morgan fingerprint density at radius 2 is 2.00 bits per heavy atom. The molecule has 0 aliphatic carbocycles. The molecule has 1 aliphatic heterocycles. The highest BCUT2D eigenvalue weighted by Crippen LogP contribution is 2.35. The Bertz CT molecular complexity index is 798. The normalized spacial score (nSPS) is 16.2. The molecule has 1 saturated heterocycles. The van der Waals surface area contributed by atoms with Crippen LogP contribution in [-0.2, 0) is 9.47 Å². The minimum Gasteiger partial charge on any atom is -0.348 e. The van der Waals surface area contributed by atoms with Crippen LogP contribution < -0.4 is 0 Å². The lowest BCUT2D eigenvalue weighted by Gasteiger charge is -2.23. The van der Waals surface area contributed by atoms with Crippen molar-refractivity contribution >= 4 is 33.2 Å². The van der Waals surface area contributed by atoms with Crippen molar-refractivity contribution in [2.75, 3.05) is 13.2 Å². The third-order valence-electron chi connectivity index (χ3n) is 3.50. The number of ether oxygens (including phenoxy) is 2. The van der Waals surface area contributed by atoms with E-state index >= 15 is 0 Å². The van der Waals surface area contributed by atoms with Crippen molar-refractivity contribution in [2.24, 2.45) is 0 Å². The molecule has 0 spiro atoms. The first-order valence-electron chi connectivity index (χ1n) is 7.05. The predicted octanol–water partition coefficient (Wildman–Crippen LogP) is 4.45. The van der Waals surface area contributed by atoms with Crippen LogP contribution in [0.5, 0.6) is 0 Å². The van der Waals surface area contributed by atoms with E-state index in [4.69, 9.17) is 21.1 Å². The van der Waals surface area contributed by atoms with Crippen molar-refractivity contribution in [3.8, 4) is 10.6 Å². The largest absolute Gasteiger partial charge is 0.348 e. The first-order valence-corrected chi connectivity index (χ1v) is 8.24. The van der Waals surface area contributed by atoms with E-state index < -0.39 is 0 Å². The average Bonchev–Trinajstić information content (AvgIpc) is 3.02. The molecule has 0 atom stereocenters. The topological polar surface area (TPSA) is 44.2 Å². The molecule has 0 radical (unpaired) electrons. The summed E-state index contributed by atoms with van der Waals surface area (Å²) in [6.07, 6.45) is 4.17. The van der Waals surface area contributed by atoms with E-state index in [2.05, 4.69) is 9.97 Å². The second-order valence-corrected chi connectivity index (χ2v) is 6.48. The molecule has 4 heterocycles. The van der Waals surface area contributed by atoms with Crippen molar-refractivity contribution in [1.82, 2.24) is 9.97 Å². The fourth-order valence-corrected chi connectivity index (χ4v) is 3.67. The third kappa shape index (κ3) is 2.61. The Morgan fingerprint density at radius 3 is 2.73 bits per heavy atom. The second-order valence-electron chi connectivity index (χ2n) is 5.02. The van der Waals surface area contributed by atoms with Gasteiger partial charge in [0.15, 0.2) is 6.29 Å².